The number of hydrogen-bond acceptors (Lipinski definition) is 3. The molecule has 98 valence electrons. The van der Waals surface area contributed by atoms with Crippen molar-refractivity contribution in [3.05, 3.63) is 59.1 Å². The van der Waals surface area contributed by atoms with Crippen LogP contribution in [0.4, 0.5) is 4.39 Å². The van der Waals surface area contributed by atoms with Crippen LogP contribution in [0.1, 0.15) is 17.3 Å². The van der Waals surface area contributed by atoms with Gasteiger partial charge in [0, 0.05) is 16.8 Å². The summed E-state index contributed by atoms with van der Waals surface area (Å²) in [5, 5.41) is 0.518. The molecule has 2 rings (SSSR count). The Bertz CT molecular complexity index is 604. The zero-order valence-electron chi connectivity index (χ0n) is 10.1. The van der Waals surface area contributed by atoms with E-state index in [9.17, 15) is 9.18 Å². The molecule has 0 saturated carbocycles. The first-order chi connectivity index (χ1) is 9.06. The number of aromatic nitrogens is 1. The normalized spacial score (nSPS) is 11.9. The Morgan fingerprint density at radius 2 is 2.16 bits per heavy atom. The number of benzene rings is 1. The summed E-state index contributed by atoms with van der Waals surface area (Å²) in [4.78, 5) is 15.7. The van der Waals surface area contributed by atoms with Crippen LogP contribution in [0.15, 0.2) is 42.7 Å². The van der Waals surface area contributed by atoms with Gasteiger partial charge in [-0.2, -0.15) is 0 Å². The summed E-state index contributed by atoms with van der Waals surface area (Å²) < 4.78 is 18.5. The van der Waals surface area contributed by atoms with Crippen molar-refractivity contribution in [3.8, 4) is 5.75 Å². The highest BCUT2D eigenvalue weighted by atomic mass is 35.5. The maximum absolute atomic E-state index is 13.0. The molecule has 1 heterocycles. The van der Waals surface area contributed by atoms with Crippen molar-refractivity contribution in [2.45, 2.75) is 13.0 Å². The zero-order chi connectivity index (χ0) is 13.8. The molecule has 19 heavy (non-hydrogen) atoms. The Balaban J connectivity index is 2.12. The average molecular weight is 280 g/mol. The molecule has 0 saturated heterocycles. The lowest BCUT2D eigenvalue weighted by molar-refractivity contribution is 0.0817. The van der Waals surface area contributed by atoms with Crippen LogP contribution in [0.3, 0.4) is 0 Å². The third-order valence-corrected chi connectivity index (χ3v) is 2.70. The Morgan fingerprint density at radius 1 is 1.37 bits per heavy atom. The quantitative estimate of drug-likeness (QED) is 0.804. The number of Topliss-reactive ketones (excluding diaryl/α,β-unsaturated/α-hetero) is 1. The van der Waals surface area contributed by atoms with Gasteiger partial charge in [-0.15, -0.1) is 0 Å². The Hall–Kier alpha value is -1.94. The summed E-state index contributed by atoms with van der Waals surface area (Å²) >= 11 is 5.82. The second-order valence-corrected chi connectivity index (χ2v) is 4.41. The van der Waals surface area contributed by atoms with Crippen molar-refractivity contribution >= 4 is 17.4 Å². The van der Waals surface area contributed by atoms with Gasteiger partial charge >= 0.3 is 0 Å². The maximum atomic E-state index is 13.0. The lowest BCUT2D eigenvalue weighted by Crippen LogP contribution is -2.24. The molecule has 0 spiro atoms. The molecule has 0 amide bonds. The van der Waals surface area contributed by atoms with Gasteiger partial charge in [0.05, 0.1) is 6.20 Å². The third kappa shape index (κ3) is 3.51. The molecule has 1 unspecified atom stereocenters. The second kappa shape index (κ2) is 5.80. The van der Waals surface area contributed by atoms with Crippen LogP contribution in [-0.2, 0) is 0 Å². The third-order valence-electron chi connectivity index (χ3n) is 2.47. The van der Waals surface area contributed by atoms with Crippen molar-refractivity contribution < 1.29 is 13.9 Å². The number of ether oxygens (including phenoxy) is 1. The minimum absolute atomic E-state index is 0.175. The topological polar surface area (TPSA) is 39.2 Å². The first kappa shape index (κ1) is 13.5. The SMILES string of the molecule is CC(Oc1cccc(Cl)c1)C(=O)c1cncc(F)c1. The molecule has 1 aromatic carbocycles. The van der Waals surface area contributed by atoms with Gasteiger partial charge in [-0.1, -0.05) is 17.7 Å². The Morgan fingerprint density at radius 3 is 2.84 bits per heavy atom. The predicted molar refractivity (Wildman–Crippen MR) is 70.1 cm³/mol. The van der Waals surface area contributed by atoms with E-state index in [0.29, 0.717) is 10.8 Å². The van der Waals surface area contributed by atoms with Crippen LogP contribution >= 0.6 is 11.6 Å². The summed E-state index contributed by atoms with van der Waals surface area (Å²) in [5.74, 6) is -0.412. The molecule has 3 nitrogen and oxygen atoms in total. The molecular formula is C14H11ClFNO2. The van der Waals surface area contributed by atoms with E-state index in [-0.39, 0.29) is 11.3 Å². The van der Waals surface area contributed by atoms with Crippen LogP contribution in [0.2, 0.25) is 5.02 Å². The lowest BCUT2D eigenvalue weighted by Gasteiger charge is -2.13. The fourth-order valence-corrected chi connectivity index (χ4v) is 1.76. The summed E-state index contributed by atoms with van der Waals surface area (Å²) in [6, 6.07) is 7.86. The number of hydrogen-bond donors (Lipinski definition) is 0. The van der Waals surface area contributed by atoms with Crippen molar-refractivity contribution in [1.82, 2.24) is 4.98 Å². The molecule has 0 aliphatic carbocycles. The van der Waals surface area contributed by atoms with Crippen LogP contribution in [0.25, 0.3) is 0 Å². The van der Waals surface area contributed by atoms with Gasteiger partial charge in [0.2, 0.25) is 5.78 Å². The second-order valence-electron chi connectivity index (χ2n) is 3.97. The smallest absolute Gasteiger partial charge is 0.204 e. The number of pyridine rings is 1. The summed E-state index contributed by atoms with van der Waals surface area (Å²) in [6.07, 6.45) is 1.60. The lowest BCUT2D eigenvalue weighted by atomic mass is 10.1. The van der Waals surface area contributed by atoms with E-state index in [0.717, 1.165) is 12.3 Å². The van der Waals surface area contributed by atoms with Crippen LogP contribution in [-0.4, -0.2) is 16.9 Å². The van der Waals surface area contributed by atoms with Gasteiger partial charge < -0.3 is 4.74 Å². The van der Waals surface area contributed by atoms with Crippen molar-refractivity contribution in [2.75, 3.05) is 0 Å². The molecule has 0 aliphatic rings. The number of ketones is 1. The molecule has 2 aromatic rings. The number of carbonyl (C=O) groups excluding carboxylic acids is 1. The van der Waals surface area contributed by atoms with Crippen LogP contribution in [0.5, 0.6) is 5.75 Å². The van der Waals surface area contributed by atoms with E-state index in [1.807, 2.05) is 0 Å². The molecule has 0 aliphatic heterocycles. The largest absolute Gasteiger partial charge is 0.483 e. The zero-order valence-corrected chi connectivity index (χ0v) is 10.9. The van der Waals surface area contributed by atoms with Gasteiger partial charge in [0.15, 0.2) is 6.10 Å². The predicted octanol–water partition coefficient (Wildman–Crippen LogP) is 3.52. The molecule has 0 radical (unpaired) electrons. The highest BCUT2D eigenvalue weighted by Gasteiger charge is 2.17. The Kier molecular flexibility index (Phi) is 4.12. The van der Waals surface area contributed by atoms with E-state index in [1.54, 1.807) is 31.2 Å². The standard InChI is InChI=1S/C14H11ClFNO2/c1-9(19-13-4-2-3-11(15)6-13)14(18)10-5-12(16)8-17-7-10/h2-9H,1H3. The van der Waals surface area contributed by atoms with Crippen molar-refractivity contribution in [2.24, 2.45) is 0 Å². The first-order valence-corrected chi connectivity index (χ1v) is 6.01. The van der Waals surface area contributed by atoms with Crippen LogP contribution in [0, 0.1) is 5.82 Å². The van der Waals surface area contributed by atoms with E-state index in [1.165, 1.54) is 6.20 Å². The minimum Gasteiger partial charge on any atom is -0.483 e. The fraction of sp³-hybridized carbons (Fsp3) is 0.143. The number of rotatable bonds is 4. The monoisotopic (exact) mass is 279 g/mol. The first-order valence-electron chi connectivity index (χ1n) is 5.63. The van der Waals surface area contributed by atoms with E-state index >= 15 is 0 Å². The summed E-state index contributed by atoms with van der Waals surface area (Å²) in [7, 11) is 0. The van der Waals surface area contributed by atoms with Gasteiger partial charge in [-0.25, -0.2) is 4.39 Å². The van der Waals surface area contributed by atoms with Gasteiger partial charge in [-0.05, 0) is 31.2 Å². The molecule has 0 N–H and O–H groups in total. The van der Waals surface area contributed by atoms with E-state index in [4.69, 9.17) is 16.3 Å². The number of halogens is 2. The molecule has 1 aromatic heterocycles. The van der Waals surface area contributed by atoms with Gasteiger partial charge in [0.1, 0.15) is 11.6 Å². The maximum Gasteiger partial charge on any atom is 0.204 e. The molecule has 0 fully saturated rings. The van der Waals surface area contributed by atoms with Gasteiger partial charge in [0.25, 0.3) is 0 Å². The number of carbonyl (C=O) groups is 1. The van der Waals surface area contributed by atoms with Crippen molar-refractivity contribution in [1.29, 1.82) is 0 Å². The van der Waals surface area contributed by atoms with E-state index < -0.39 is 11.9 Å². The minimum atomic E-state index is -0.748. The summed E-state index contributed by atoms with van der Waals surface area (Å²) in [6.45, 7) is 1.59. The van der Waals surface area contributed by atoms with Gasteiger partial charge in [-0.3, -0.25) is 9.78 Å². The summed E-state index contributed by atoms with van der Waals surface area (Å²) in [5.41, 5.74) is 0.175. The fourth-order valence-electron chi connectivity index (χ4n) is 1.58. The molecule has 1 atom stereocenters. The Labute approximate surface area is 115 Å². The molecule has 5 heteroatoms. The van der Waals surface area contributed by atoms with Crippen LogP contribution < -0.4 is 4.74 Å². The number of nitrogens with zero attached hydrogens (tertiary/aromatic N) is 1. The average Bonchev–Trinajstić information content (AvgIpc) is 2.38. The highest BCUT2D eigenvalue weighted by molar-refractivity contribution is 6.30. The highest BCUT2D eigenvalue weighted by Crippen LogP contribution is 2.19. The molecular weight excluding hydrogens is 269 g/mol. The van der Waals surface area contributed by atoms with Crippen molar-refractivity contribution in [3.63, 3.8) is 0 Å². The van der Waals surface area contributed by atoms with E-state index in [2.05, 4.69) is 4.98 Å². The molecule has 0 bridgehead atoms.